The monoisotopic (exact) mass is 399 g/mol. The molecule has 6 nitrogen and oxygen atoms in total. The molecule has 0 aliphatic rings. The van der Waals surface area contributed by atoms with Crippen molar-refractivity contribution in [3.63, 3.8) is 0 Å². The Bertz CT molecular complexity index is 1000. The van der Waals surface area contributed by atoms with Crippen LogP contribution in [0.5, 0.6) is 0 Å². The van der Waals surface area contributed by atoms with Crippen molar-refractivity contribution >= 4 is 10.0 Å². The number of benzene rings is 2. The second kappa shape index (κ2) is 8.68. The first kappa shape index (κ1) is 20.3. The molecule has 1 heterocycles. The molecule has 0 amide bonds. The van der Waals surface area contributed by atoms with Gasteiger partial charge in [0.15, 0.2) is 0 Å². The number of hydrogen-bond acceptors (Lipinski definition) is 4. The van der Waals surface area contributed by atoms with E-state index in [2.05, 4.69) is 5.10 Å². The first-order chi connectivity index (χ1) is 13.4. The van der Waals surface area contributed by atoms with Crippen LogP contribution in [0.3, 0.4) is 0 Å². The molecule has 0 radical (unpaired) electrons. The van der Waals surface area contributed by atoms with Crippen LogP contribution in [-0.4, -0.2) is 46.8 Å². The standard InChI is InChI=1S/C21H25N3O3S/c1-17(2)24(13-14-25)28(26,27)20-16-23(15-18-9-5-3-6-10-18)22-21(20)19-11-7-4-8-12-19/h3-12,16-17,25H,13-15H2,1-2H3. The van der Waals surface area contributed by atoms with Gasteiger partial charge >= 0.3 is 0 Å². The molecule has 3 rings (SSSR count). The number of aliphatic hydroxyl groups is 1. The molecule has 0 saturated heterocycles. The van der Waals surface area contributed by atoms with Gasteiger partial charge in [0, 0.05) is 24.3 Å². The van der Waals surface area contributed by atoms with Crippen LogP contribution < -0.4 is 0 Å². The summed E-state index contributed by atoms with van der Waals surface area (Å²) in [6.07, 6.45) is 1.58. The molecule has 148 valence electrons. The summed E-state index contributed by atoms with van der Waals surface area (Å²) in [5, 5.41) is 13.9. The third kappa shape index (κ3) is 4.32. The third-order valence-electron chi connectivity index (χ3n) is 4.45. The first-order valence-electron chi connectivity index (χ1n) is 9.23. The fourth-order valence-electron chi connectivity index (χ4n) is 3.12. The van der Waals surface area contributed by atoms with E-state index in [1.54, 1.807) is 24.7 Å². The van der Waals surface area contributed by atoms with Crippen LogP contribution in [0, 0.1) is 0 Å². The highest BCUT2D eigenvalue weighted by atomic mass is 32.2. The number of hydrogen-bond donors (Lipinski definition) is 1. The minimum absolute atomic E-state index is 0.0398. The molecule has 0 bridgehead atoms. The van der Waals surface area contributed by atoms with E-state index in [1.165, 1.54) is 4.31 Å². The Morgan fingerprint density at radius 3 is 2.21 bits per heavy atom. The number of sulfonamides is 1. The fraction of sp³-hybridized carbons (Fsp3) is 0.286. The second-order valence-electron chi connectivity index (χ2n) is 6.82. The van der Waals surface area contributed by atoms with E-state index in [1.807, 2.05) is 60.7 Å². The Kier molecular flexibility index (Phi) is 6.28. The van der Waals surface area contributed by atoms with E-state index in [-0.39, 0.29) is 24.1 Å². The highest BCUT2D eigenvalue weighted by molar-refractivity contribution is 7.89. The average Bonchev–Trinajstić information content (AvgIpc) is 3.12. The lowest BCUT2D eigenvalue weighted by molar-refractivity contribution is 0.236. The van der Waals surface area contributed by atoms with Crippen LogP contribution in [0.25, 0.3) is 11.3 Å². The first-order valence-corrected chi connectivity index (χ1v) is 10.7. The summed E-state index contributed by atoms with van der Waals surface area (Å²) in [5.41, 5.74) is 2.19. The maximum atomic E-state index is 13.4. The molecule has 0 atom stereocenters. The summed E-state index contributed by atoms with van der Waals surface area (Å²) < 4.78 is 29.7. The van der Waals surface area contributed by atoms with Gasteiger partial charge in [0.05, 0.1) is 13.2 Å². The smallest absolute Gasteiger partial charge is 0.247 e. The van der Waals surface area contributed by atoms with E-state index < -0.39 is 10.0 Å². The lowest BCUT2D eigenvalue weighted by atomic mass is 10.2. The highest BCUT2D eigenvalue weighted by Crippen LogP contribution is 2.29. The second-order valence-corrected chi connectivity index (χ2v) is 8.68. The highest BCUT2D eigenvalue weighted by Gasteiger charge is 2.31. The minimum Gasteiger partial charge on any atom is -0.395 e. The fourth-order valence-corrected chi connectivity index (χ4v) is 4.91. The average molecular weight is 400 g/mol. The van der Waals surface area contributed by atoms with E-state index >= 15 is 0 Å². The van der Waals surface area contributed by atoms with Gasteiger partial charge in [0.1, 0.15) is 10.6 Å². The molecule has 0 fully saturated rings. The summed E-state index contributed by atoms with van der Waals surface area (Å²) in [6.45, 7) is 3.86. The molecule has 28 heavy (non-hydrogen) atoms. The SMILES string of the molecule is CC(C)N(CCO)S(=O)(=O)c1cn(Cc2ccccc2)nc1-c1ccccc1. The molecule has 3 aromatic rings. The maximum absolute atomic E-state index is 13.4. The number of aromatic nitrogens is 2. The molecular formula is C21H25N3O3S. The zero-order valence-electron chi connectivity index (χ0n) is 16.1. The van der Waals surface area contributed by atoms with Crippen LogP contribution in [0.4, 0.5) is 0 Å². The molecule has 0 spiro atoms. The van der Waals surface area contributed by atoms with Crippen molar-refractivity contribution in [2.75, 3.05) is 13.2 Å². The quantitative estimate of drug-likeness (QED) is 0.632. The van der Waals surface area contributed by atoms with Gasteiger partial charge in [0.25, 0.3) is 0 Å². The molecule has 1 aromatic heterocycles. The third-order valence-corrected chi connectivity index (χ3v) is 6.52. The predicted molar refractivity (Wildman–Crippen MR) is 109 cm³/mol. The summed E-state index contributed by atoms with van der Waals surface area (Å²) in [4.78, 5) is 0.150. The summed E-state index contributed by atoms with van der Waals surface area (Å²) >= 11 is 0. The maximum Gasteiger partial charge on any atom is 0.247 e. The van der Waals surface area contributed by atoms with Crippen molar-refractivity contribution in [3.8, 4) is 11.3 Å². The van der Waals surface area contributed by atoms with Crippen molar-refractivity contribution in [2.45, 2.75) is 31.3 Å². The van der Waals surface area contributed by atoms with E-state index in [0.29, 0.717) is 12.2 Å². The van der Waals surface area contributed by atoms with Crippen LogP contribution in [0.1, 0.15) is 19.4 Å². The van der Waals surface area contributed by atoms with Crippen molar-refractivity contribution in [1.29, 1.82) is 0 Å². The minimum atomic E-state index is -3.82. The number of rotatable bonds is 8. The van der Waals surface area contributed by atoms with Crippen LogP contribution >= 0.6 is 0 Å². The Hall–Kier alpha value is -2.48. The summed E-state index contributed by atoms with van der Waals surface area (Å²) in [7, 11) is -3.82. The van der Waals surface area contributed by atoms with Crippen LogP contribution in [0.15, 0.2) is 71.8 Å². The summed E-state index contributed by atoms with van der Waals surface area (Å²) in [5.74, 6) is 0. The van der Waals surface area contributed by atoms with Crippen LogP contribution in [-0.2, 0) is 16.6 Å². The van der Waals surface area contributed by atoms with E-state index in [9.17, 15) is 13.5 Å². The van der Waals surface area contributed by atoms with Gasteiger partial charge < -0.3 is 5.11 Å². The van der Waals surface area contributed by atoms with Gasteiger partial charge in [-0.2, -0.15) is 9.40 Å². The molecule has 0 unspecified atom stereocenters. The zero-order valence-corrected chi connectivity index (χ0v) is 16.9. The topological polar surface area (TPSA) is 75.4 Å². The predicted octanol–water partition coefficient (Wildman–Crippen LogP) is 2.99. The van der Waals surface area contributed by atoms with Crippen molar-refractivity contribution in [2.24, 2.45) is 0 Å². The van der Waals surface area contributed by atoms with Gasteiger partial charge in [-0.15, -0.1) is 0 Å². The molecule has 0 aliphatic heterocycles. The molecule has 7 heteroatoms. The van der Waals surface area contributed by atoms with Crippen molar-refractivity contribution in [1.82, 2.24) is 14.1 Å². The number of nitrogens with zero attached hydrogens (tertiary/aromatic N) is 3. The zero-order chi connectivity index (χ0) is 20.1. The van der Waals surface area contributed by atoms with Gasteiger partial charge in [-0.3, -0.25) is 4.68 Å². The largest absolute Gasteiger partial charge is 0.395 e. The molecule has 2 aromatic carbocycles. The van der Waals surface area contributed by atoms with Gasteiger partial charge in [0.2, 0.25) is 10.0 Å². The molecule has 0 aliphatic carbocycles. The molecule has 0 saturated carbocycles. The van der Waals surface area contributed by atoms with Gasteiger partial charge in [-0.05, 0) is 19.4 Å². The van der Waals surface area contributed by atoms with E-state index in [0.717, 1.165) is 11.1 Å². The van der Waals surface area contributed by atoms with E-state index in [4.69, 9.17) is 0 Å². The van der Waals surface area contributed by atoms with Gasteiger partial charge in [-0.25, -0.2) is 8.42 Å². The van der Waals surface area contributed by atoms with Crippen LogP contribution in [0.2, 0.25) is 0 Å². The van der Waals surface area contributed by atoms with Crippen molar-refractivity contribution in [3.05, 3.63) is 72.4 Å². The molecular weight excluding hydrogens is 374 g/mol. The summed E-state index contributed by atoms with van der Waals surface area (Å²) in [6, 6.07) is 18.8. The Labute approximate surface area is 166 Å². The lowest BCUT2D eigenvalue weighted by Gasteiger charge is -2.24. The molecule has 1 N–H and O–H groups in total. The Morgan fingerprint density at radius 1 is 1.04 bits per heavy atom. The number of aliphatic hydroxyl groups excluding tert-OH is 1. The normalized spacial score (nSPS) is 12.0. The lowest BCUT2D eigenvalue weighted by Crippen LogP contribution is -2.39. The van der Waals surface area contributed by atoms with Crippen molar-refractivity contribution < 1.29 is 13.5 Å². The van der Waals surface area contributed by atoms with Gasteiger partial charge in [-0.1, -0.05) is 60.7 Å². The Morgan fingerprint density at radius 2 is 1.64 bits per heavy atom. The Balaban J connectivity index is 2.10.